The minimum atomic E-state index is -0.302. The lowest BCUT2D eigenvalue weighted by Crippen LogP contribution is -2.27. The summed E-state index contributed by atoms with van der Waals surface area (Å²) in [7, 11) is 1.54. The van der Waals surface area contributed by atoms with Crippen molar-refractivity contribution in [1.82, 2.24) is 0 Å². The third kappa shape index (κ3) is 4.46. The van der Waals surface area contributed by atoms with Gasteiger partial charge in [0.2, 0.25) is 0 Å². The summed E-state index contributed by atoms with van der Waals surface area (Å²) in [5, 5.41) is 0. The lowest BCUT2D eigenvalue weighted by atomic mass is 10.2. The standard InChI is InChI=1S/C9H18O3/c1-5-9(11-4)8(10)6-12-7(2)3/h7,9H,5-6H2,1-4H3. The van der Waals surface area contributed by atoms with E-state index in [0.29, 0.717) is 6.42 Å². The van der Waals surface area contributed by atoms with Crippen molar-refractivity contribution in [2.75, 3.05) is 13.7 Å². The molecule has 3 heteroatoms. The van der Waals surface area contributed by atoms with Crippen LogP contribution in [0.2, 0.25) is 0 Å². The molecule has 0 spiro atoms. The van der Waals surface area contributed by atoms with Crippen LogP contribution in [0.15, 0.2) is 0 Å². The van der Waals surface area contributed by atoms with Gasteiger partial charge < -0.3 is 9.47 Å². The van der Waals surface area contributed by atoms with Crippen molar-refractivity contribution < 1.29 is 14.3 Å². The van der Waals surface area contributed by atoms with E-state index in [1.807, 2.05) is 20.8 Å². The van der Waals surface area contributed by atoms with E-state index in [2.05, 4.69) is 0 Å². The Hall–Kier alpha value is -0.410. The van der Waals surface area contributed by atoms with Crippen LogP contribution in [0, 0.1) is 0 Å². The molecule has 0 rings (SSSR count). The molecule has 0 radical (unpaired) electrons. The van der Waals surface area contributed by atoms with E-state index in [1.165, 1.54) is 0 Å². The molecule has 0 aliphatic heterocycles. The Balaban J connectivity index is 3.69. The van der Waals surface area contributed by atoms with Gasteiger partial charge in [-0.3, -0.25) is 4.79 Å². The van der Waals surface area contributed by atoms with E-state index in [1.54, 1.807) is 7.11 Å². The molecule has 3 nitrogen and oxygen atoms in total. The van der Waals surface area contributed by atoms with Gasteiger partial charge in [-0.2, -0.15) is 0 Å². The predicted octanol–water partition coefficient (Wildman–Crippen LogP) is 1.41. The van der Waals surface area contributed by atoms with Gasteiger partial charge in [0, 0.05) is 7.11 Å². The zero-order chi connectivity index (χ0) is 9.56. The number of ether oxygens (including phenoxy) is 2. The highest BCUT2D eigenvalue weighted by molar-refractivity contribution is 5.84. The van der Waals surface area contributed by atoms with Crippen LogP contribution in [0.4, 0.5) is 0 Å². The molecule has 0 aromatic rings. The fraction of sp³-hybridized carbons (Fsp3) is 0.889. The van der Waals surface area contributed by atoms with Gasteiger partial charge >= 0.3 is 0 Å². The van der Waals surface area contributed by atoms with Crippen molar-refractivity contribution in [1.29, 1.82) is 0 Å². The number of Topliss-reactive ketones (excluding diaryl/α,β-unsaturated/α-hetero) is 1. The van der Waals surface area contributed by atoms with Gasteiger partial charge in [0.1, 0.15) is 12.7 Å². The zero-order valence-electron chi connectivity index (χ0n) is 8.29. The predicted molar refractivity (Wildman–Crippen MR) is 47.2 cm³/mol. The first-order valence-corrected chi connectivity index (χ1v) is 4.28. The smallest absolute Gasteiger partial charge is 0.187 e. The Bertz CT molecular complexity index is 128. The number of carbonyl (C=O) groups excluding carboxylic acids is 1. The van der Waals surface area contributed by atoms with Gasteiger partial charge in [0.25, 0.3) is 0 Å². The van der Waals surface area contributed by atoms with Gasteiger partial charge in [-0.15, -0.1) is 0 Å². The maximum atomic E-state index is 11.3. The van der Waals surface area contributed by atoms with Crippen LogP contribution < -0.4 is 0 Å². The molecule has 0 N–H and O–H groups in total. The molecule has 0 aliphatic carbocycles. The molecule has 72 valence electrons. The zero-order valence-corrected chi connectivity index (χ0v) is 8.29. The molecule has 0 bridgehead atoms. The van der Waals surface area contributed by atoms with E-state index >= 15 is 0 Å². The Morgan fingerprint density at radius 3 is 2.33 bits per heavy atom. The van der Waals surface area contributed by atoms with E-state index < -0.39 is 0 Å². The van der Waals surface area contributed by atoms with E-state index in [4.69, 9.17) is 9.47 Å². The van der Waals surface area contributed by atoms with Crippen LogP contribution in [-0.4, -0.2) is 31.7 Å². The summed E-state index contributed by atoms with van der Waals surface area (Å²) in [4.78, 5) is 11.3. The Kier molecular flexibility index (Phi) is 5.93. The molecule has 0 aromatic heterocycles. The summed E-state index contributed by atoms with van der Waals surface area (Å²) in [6, 6.07) is 0. The highest BCUT2D eigenvalue weighted by Crippen LogP contribution is 1.99. The van der Waals surface area contributed by atoms with Crippen molar-refractivity contribution in [3.63, 3.8) is 0 Å². The maximum absolute atomic E-state index is 11.3. The van der Waals surface area contributed by atoms with Crippen LogP contribution in [-0.2, 0) is 14.3 Å². The van der Waals surface area contributed by atoms with Gasteiger partial charge in [0.05, 0.1) is 6.10 Å². The molecule has 1 atom stereocenters. The third-order valence-corrected chi connectivity index (χ3v) is 1.57. The van der Waals surface area contributed by atoms with E-state index in [0.717, 1.165) is 0 Å². The number of ketones is 1. The summed E-state index contributed by atoms with van der Waals surface area (Å²) in [6.45, 7) is 5.88. The summed E-state index contributed by atoms with van der Waals surface area (Å²) in [6.07, 6.45) is 0.503. The summed E-state index contributed by atoms with van der Waals surface area (Å²) in [5.41, 5.74) is 0. The normalized spacial score (nSPS) is 13.4. The molecule has 0 amide bonds. The molecule has 0 fully saturated rings. The van der Waals surface area contributed by atoms with E-state index in [9.17, 15) is 4.79 Å². The van der Waals surface area contributed by atoms with Gasteiger partial charge in [0.15, 0.2) is 5.78 Å². The second-order valence-corrected chi connectivity index (χ2v) is 2.96. The summed E-state index contributed by atoms with van der Waals surface area (Å²) < 4.78 is 10.1. The molecular formula is C9H18O3. The number of rotatable bonds is 6. The van der Waals surface area contributed by atoms with Crippen LogP contribution in [0.5, 0.6) is 0 Å². The Labute approximate surface area is 74.0 Å². The number of methoxy groups -OCH3 is 1. The summed E-state index contributed by atoms with van der Waals surface area (Å²) >= 11 is 0. The highest BCUT2D eigenvalue weighted by atomic mass is 16.5. The monoisotopic (exact) mass is 174 g/mol. The van der Waals surface area contributed by atoms with Crippen molar-refractivity contribution in [2.24, 2.45) is 0 Å². The van der Waals surface area contributed by atoms with Crippen LogP contribution >= 0.6 is 0 Å². The molecule has 12 heavy (non-hydrogen) atoms. The van der Waals surface area contributed by atoms with Gasteiger partial charge in [-0.1, -0.05) is 6.92 Å². The Morgan fingerprint density at radius 1 is 1.42 bits per heavy atom. The minimum absolute atomic E-state index is 0.0219. The topological polar surface area (TPSA) is 35.5 Å². The van der Waals surface area contributed by atoms with Crippen LogP contribution in [0.25, 0.3) is 0 Å². The van der Waals surface area contributed by atoms with Gasteiger partial charge in [-0.05, 0) is 20.3 Å². The average Bonchev–Trinajstić information content (AvgIpc) is 2.03. The minimum Gasteiger partial charge on any atom is -0.374 e. The van der Waals surface area contributed by atoms with Crippen molar-refractivity contribution in [3.8, 4) is 0 Å². The maximum Gasteiger partial charge on any atom is 0.187 e. The first-order valence-electron chi connectivity index (χ1n) is 4.28. The largest absolute Gasteiger partial charge is 0.374 e. The molecule has 0 aromatic carbocycles. The molecule has 0 aliphatic rings. The first-order chi connectivity index (χ1) is 5.61. The number of carbonyl (C=O) groups is 1. The Morgan fingerprint density at radius 2 is 2.00 bits per heavy atom. The van der Waals surface area contributed by atoms with Crippen molar-refractivity contribution in [2.45, 2.75) is 39.4 Å². The van der Waals surface area contributed by atoms with Gasteiger partial charge in [-0.25, -0.2) is 0 Å². The molecule has 0 saturated heterocycles. The first kappa shape index (κ1) is 11.6. The lowest BCUT2D eigenvalue weighted by molar-refractivity contribution is -0.135. The van der Waals surface area contributed by atoms with Crippen molar-refractivity contribution >= 4 is 5.78 Å². The number of hydrogen-bond acceptors (Lipinski definition) is 3. The van der Waals surface area contributed by atoms with Crippen LogP contribution in [0.1, 0.15) is 27.2 Å². The van der Waals surface area contributed by atoms with E-state index in [-0.39, 0.29) is 24.6 Å². The second kappa shape index (κ2) is 6.14. The quantitative estimate of drug-likeness (QED) is 0.610. The molecular weight excluding hydrogens is 156 g/mol. The number of hydrogen-bond donors (Lipinski definition) is 0. The molecule has 0 saturated carbocycles. The second-order valence-electron chi connectivity index (χ2n) is 2.96. The SMILES string of the molecule is CCC(OC)C(=O)COC(C)C. The highest BCUT2D eigenvalue weighted by Gasteiger charge is 2.15. The lowest BCUT2D eigenvalue weighted by Gasteiger charge is -2.12. The fourth-order valence-corrected chi connectivity index (χ4v) is 0.868. The third-order valence-electron chi connectivity index (χ3n) is 1.57. The summed E-state index contributed by atoms with van der Waals surface area (Å²) in [5.74, 6) is 0.0219. The molecule has 1 unspecified atom stereocenters. The van der Waals surface area contributed by atoms with Crippen molar-refractivity contribution in [3.05, 3.63) is 0 Å². The van der Waals surface area contributed by atoms with Crippen LogP contribution in [0.3, 0.4) is 0 Å². The fourth-order valence-electron chi connectivity index (χ4n) is 0.868. The average molecular weight is 174 g/mol. The molecule has 0 heterocycles.